The molecule has 38 heavy (non-hydrogen) atoms. The van der Waals surface area contributed by atoms with E-state index in [4.69, 9.17) is 9.47 Å². The van der Waals surface area contributed by atoms with Gasteiger partial charge in [-0.15, -0.1) is 0 Å². The molecule has 0 aromatic heterocycles. The van der Waals surface area contributed by atoms with Crippen LogP contribution in [-0.4, -0.2) is 26.0 Å². The molecule has 0 saturated heterocycles. The standard InChI is InChI=1S/C29H27F2N3O4/c1-16-25(28(35)33-21-11-7-5-9-19(21)30)27(18-13-14-23(37-3)24(15-18)38-4)26(17(2)32-16)29(36)34-22-12-8-6-10-20(22)31/h5-15,27,32H,1-4H3,(H,33,35)(H,34,36). The first-order valence-electron chi connectivity index (χ1n) is 11.8. The third-order valence-corrected chi connectivity index (χ3v) is 6.23. The Kier molecular flexibility index (Phi) is 7.76. The van der Waals surface area contributed by atoms with Crippen LogP contribution < -0.4 is 25.4 Å². The van der Waals surface area contributed by atoms with Crippen molar-refractivity contribution in [1.29, 1.82) is 0 Å². The number of halogens is 2. The summed E-state index contributed by atoms with van der Waals surface area (Å²) in [5.41, 5.74) is 1.84. The Morgan fingerprint density at radius 1 is 0.737 bits per heavy atom. The van der Waals surface area contributed by atoms with Gasteiger partial charge in [0.25, 0.3) is 11.8 Å². The van der Waals surface area contributed by atoms with Crippen LogP contribution in [0.15, 0.2) is 89.3 Å². The lowest BCUT2D eigenvalue weighted by atomic mass is 9.79. The van der Waals surface area contributed by atoms with Gasteiger partial charge in [0.05, 0.1) is 25.6 Å². The highest BCUT2D eigenvalue weighted by Gasteiger charge is 2.37. The highest BCUT2D eigenvalue weighted by Crippen LogP contribution is 2.42. The van der Waals surface area contributed by atoms with E-state index in [1.54, 1.807) is 44.2 Å². The minimum Gasteiger partial charge on any atom is -0.493 e. The van der Waals surface area contributed by atoms with Crippen molar-refractivity contribution < 1.29 is 27.8 Å². The molecule has 2 amide bonds. The first kappa shape index (κ1) is 26.4. The Balaban J connectivity index is 1.83. The molecule has 0 atom stereocenters. The number of nitrogens with one attached hydrogen (secondary N) is 3. The fourth-order valence-corrected chi connectivity index (χ4v) is 4.47. The summed E-state index contributed by atoms with van der Waals surface area (Å²) in [6.45, 7) is 3.39. The van der Waals surface area contributed by atoms with Gasteiger partial charge < -0.3 is 25.4 Å². The van der Waals surface area contributed by atoms with Crippen LogP contribution in [-0.2, 0) is 9.59 Å². The number of hydrogen-bond donors (Lipinski definition) is 3. The summed E-state index contributed by atoms with van der Waals surface area (Å²) in [4.78, 5) is 27.3. The molecule has 196 valence electrons. The first-order chi connectivity index (χ1) is 18.2. The zero-order valence-corrected chi connectivity index (χ0v) is 21.3. The molecular weight excluding hydrogens is 492 g/mol. The molecule has 3 N–H and O–H groups in total. The van der Waals surface area contributed by atoms with Crippen LogP contribution in [0.3, 0.4) is 0 Å². The number of anilines is 2. The summed E-state index contributed by atoms with van der Waals surface area (Å²) < 4.78 is 39.6. The summed E-state index contributed by atoms with van der Waals surface area (Å²) >= 11 is 0. The topological polar surface area (TPSA) is 88.7 Å². The molecule has 0 bridgehead atoms. The molecule has 0 fully saturated rings. The number of methoxy groups -OCH3 is 2. The van der Waals surface area contributed by atoms with E-state index in [0.717, 1.165) is 0 Å². The summed E-state index contributed by atoms with van der Waals surface area (Å²) in [5.74, 6) is -2.48. The summed E-state index contributed by atoms with van der Waals surface area (Å²) in [7, 11) is 2.97. The summed E-state index contributed by atoms with van der Waals surface area (Å²) in [5, 5.41) is 8.31. The molecule has 1 aliphatic heterocycles. The average Bonchev–Trinajstić information content (AvgIpc) is 2.90. The lowest BCUT2D eigenvalue weighted by molar-refractivity contribution is -0.113. The quantitative estimate of drug-likeness (QED) is 0.384. The van der Waals surface area contributed by atoms with Gasteiger partial charge in [0.1, 0.15) is 11.6 Å². The van der Waals surface area contributed by atoms with E-state index in [-0.39, 0.29) is 22.5 Å². The number of carbonyl (C=O) groups is 2. The lowest BCUT2D eigenvalue weighted by Crippen LogP contribution is -2.35. The summed E-state index contributed by atoms with van der Waals surface area (Å²) in [6.07, 6.45) is 0. The van der Waals surface area contributed by atoms with Crippen LogP contribution in [0.5, 0.6) is 11.5 Å². The van der Waals surface area contributed by atoms with Crippen LogP contribution in [0.25, 0.3) is 0 Å². The van der Waals surface area contributed by atoms with Crippen molar-refractivity contribution in [3.8, 4) is 11.5 Å². The molecule has 1 heterocycles. The minimum absolute atomic E-state index is 0.00695. The number of benzene rings is 3. The van der Waals surface area contributed by atoms with Gasteiger partial charge >= 0.3 is 0 Å². The molecule has 3 aromatic carbocycles. The Labute approximate surface area is 219 Å². The Hall–Kier alpha value is -4.66. The predicted molar refractivity (Wildman–Crippen MR) is 141 cm³/mol. The highest BCUT2D eigenvalue weighted by molar-refractivity contribution is 6.12. The molecule has 0 spiro atoms. The average molecular weight is 520 g/mol. The number of allylic oxidation sites excluding steroid dienone is 2. The fourth-order valence-electron chi connectivity index (χ4n) is 4.47. The highest BCUT2D eigenvalue weighted by atomic mass is 19.1. The smallest absolute Gasteiger partial charge is 0.254 e. The SMILES string of the molecule is COc1ccc(C2C(C(=O)Nc3ccccc3F)=C(C)NC(C)=C2C(=O)Nc2ccccc2F)cc1OC. The van der Waals surface area contributed by atoms with Gasteiger partial charge in [-0.05, 0) is 55.8 Å². The number of dihydropyridines is 1. The zero-order valence-electron chi connectivity index (χ0n) is 21.3. The van der Waals surface area contributed by atoms with Crippen LogP contribution in [0.2, 0.25) is 0 Å². The van der Waals surface area contributed by atoms with Crippen molar-refractivity contribution in [3.63, 3.8) is 0 Å². The largest absolute Gasteiger partial charge is 0.493 e. The number of ether oxygens (including phenoxy) is 2. The summed E-state index contributed by atoms with van der Waals surface area (Å²) in [6, 6.07) is 16.6. The van der Waals surface area contributed by atoms with Gasteiger partial charge in [-0.3, -0.25) is 9.59 Å². The van der Waals surface area contributed by atoms with Crippen LogP contribution in [0.1, 0.15) is 25.3 Å². The van der Waals surface area contributed by atoms with Gasteiger partial charge in [-0.2, -0.15) is 0 Å². The molecule has 7 nitrogen and oxygen atoms in total. The normalized spacial score (nSPS) is 13.6. The Morgan fingerprint density at radius 3 is 1.66 bits per heavy atom. The molecule has 0 saturated carbocycles. The Morgan fingerprint density at radius 2 is 1.21 bits per heavy atom. The third-order valence-electron chi connectivity index (χ3n) is 6.23. The van der Waals surface area contributed by atoms with Gasteiger partial charge in [0, 0.05) is 28.5 Å². The minimum atomic E-state index is -0.908. The van der Waals surface area contributed by atoms with Gasteiger partial charge in [-0.1, -0.05) is 30.3 Å². The van der Waals surface area contributed by atoms with Crippen LogP contribution in [0.4, 0.5) is 20.2 Å². The maximum absolute atomic E-state index is 14.4. The number of amides is 2. The molecular formula is C29H27F2N3O4. The van der Waals surface area contributed by atoms with Gasteiger partial charge in [-0.25, -0.2) is 8.78 Å². The maximum Gasteiger partial charge on any atom is 0.254 e. The van der Waals surface area contributed by atoms with E-state index in [1.165, 1.54) is 50.6 Å². The first-order valence-corrected chi connectivity index (χ1v) is 11.8. The van der Waals surface area contributed by atoms with Crippen molar-refractivity contribution in [1.82, 2.24) is 5.32 Å². The monoisotopic (exact) mass is 519 g/mol. The fraction of sp³-hybridized carbons (Fsp3) is 0.172. The van der Waals surface area contributed by atoms with E-state index in [1.807, 2.05) is 0 Å². The maximum atomic E-state index is 14.4. The van der Waals surface area contributed by atoms with Gasteiger partial charge in [0.2, 0.25) is 0 Å². The molecule has 0 aliphatic carbocycles. The second-order valence-electron chi connectivity index (χ2n) is 8.62. The van der Waals surface area contributed by atoms with E-state index >= 15 is 0 Å². The molecule has 1 aliphatic rings. The number of rotatable bonds is 7. The van der Waals surface area contributed by atoms with Crippen LogP contribution in [0, 0.1) is 11.6 Å². The molecule has 0 unspecified atom stereocenters. The number of hydrogen-bond acceptors (Lipinski definition) is 5. The second kappa shape index (κ2) is 11.2. The Bertz CT molecular complexity index is 1380. The van der Waals surface area contributed by atoms with Crippen molar-refractivity contribution in [2.75, 3.05) is 24.9 Å². The van der Waals surface area contributed by atoms with Crippen molar-refractivity contribution in [2.24, 2.45) is 0 Å². The third kappa shape index (κ3) is 5.22. The van der Waals surface area contributed by atoms with Crippen molar-refractivity contribution in [3.05, 3.63) is 106 Å². The van der Waals surface area contributed by atoms with Crippen molar-refractivity contribution >= 4 is 23.2 Å². The van der Waals surface area contributed by atoms with E-state index in [9.17, 15) is 18.4 Å². The number of carbonyl (C=O) groups excluding carboxylic acids is 2. The van der Waals surface area contributed by atoms with Crippen LogP contribution >= 0.6 is 0 Å². The lowest BCUT2D eigenvalue weighted by Gasteiger charge is -2.31. The van der Waals surface area contributed by atoms with Crippen molar-refractivity contribution in [2.45, 2.75) is 19.8 Å². The molecule has 3 aromatic rings. The second-order valence-corrected chi connectivity index (χ2v) is 8.62. The zero-order chi connectivity index (χ0) is 27.4. The van der Waals surface area contributed by atoms with Gasteiger partial charge in [0.15, 0.2) is 11.5 Å². The molecule has 9 heteroatoms. The predicted octanol–water partition coefficient (Wildman–Crippen LogP) is 5.49. The van der Waals surface area contributed by atoms with E-state index in [2.05, 4.69) is 16.0 Å². The van der Waals surface area contributed by atoms with E-state index < -0.39 is 29.4 Å². The molecule has 4 rings (SSSR count). The number of para-hydroxylation sites is 2. The molecule has 0 radical (unpaired) electrons. The van der Waals surface area contributed by atoms with E-state index in [0.29, 0.717) is 28.5 Å².